The highest BCUT2D eigenvalue weighted by Crippen LogP contribution is 2.19. The Morgan fingerprint density at radius 2 is 1.94 bits per heavy atom. The normalized spacial score (nSPS) is 11.4. The van der Waals surface area contributed by atoms with E-state index in [0.29, 0.717) is 12.2 Å². The number of benzene rings is 1. The van der Waals surface area contributed by atoms with Crippen LogP contribution in [-0.4, -0.2) is 15.0 Å². The van der Waals surface area contributed by atoms with Crippen LogP contribution in [0.2, 0.25) is 0 Å². The molecule has 0 bridgehead atoms. The average molecular weight is 282 g/mol. The van der Waals surface area contributed by atoms with Gasteiger partial charge in [-0.15, -0.1) is 11.3 Å². The predicted octanol–water partition coefficient (Wildman–Crippen LogP) is 2.05. The quantitative estimate of drug-likeness (QED) is 0.881. The minimum atomic E-state index is -3.68. The maximum Gasteiger partial charge on any atom is 0.240 e. The summed E-state index contributed by atoms with van der Waals surface area (Å²) in [4.78, 5) is 1.40. The topological polar surface area (TPSA) is 72.2 Å². The Morgan fingerprint density at radius 3 is 2.61 bits per heavy atom. The largest absolute Gasteiger partial charge is 0.384 e. The van der Waals surface area contributed by atoms with Gasteiger partial charge >= 0.3 is 0 Å². The van der Waals surface area contributed by atoms with Gasteiger partial charge in [-0.2, -0.15) is 0 Å². The second-order valence-corrected chi connectivity index (χ2v) is 6.36. The van der Waals surface area contributed by atoms with Gasteiger partial charge in [-0.05, 0) is 30.0 Å². The number of rotatable bonds is 5. The molecule has 4 nitrogen and oxygen atoms in total. The molecule has 0 aliphatic rings. The number of sulfonamides is 1. The molecule has 0 aliphatic heterocycles. The molecule has 2 aromatic rings. The molecule has 0 saturated heterocycles. The molecule has 0 fully saturated rings. The van der Waals surface area contributed by atoms with Crippen LogP contribution in [0.1, 0.15) is 4.88 Å². The average Bonchev–Trinajstić information content (AvgIpc) is 2.81. The van der Waals surface area contributed by atoms with E-state index in [1.165, 1.54) is 10.9 Å². The van der Waals surface area contributed by atoms with Gasteiger partial charge < -0.3 is 5.32 Å². The molecular formula is C12H14N2O2S2. The van der Waals surface area contributed by atoms with E-state index < -0.39 is 10.0 Å². The molecule has 0 atom stereocenters. The highest BCUT2D eigenvalue weighted by molar-refractivity contribution is 7.89. The van der Waals surface area contributed by atoms with Crippen LogP contribution in [0, 0.1) is 0 Å². The Balaban J connectivity index is 2.06. The third-order valence-electron chi connectivity index (χ3n) is 2.46. The third-order valence-corrected chi connectivity index (χ3v) is 4.37. The fourth-order valence-electron chi connectivity index (χ4n) is 1.64. The second kappa shape index (κ2) is 5.51. The molecule has 0 saturated carbocycles. The van der Waals surface area contributed by atoms with Gasteiger partial charge in [0.05, 0.1) is 5.69 Å². The third kappa shape index (κ3) is 3.32. The first-order valence-electron chi connectivity index (χ1n) is 5.45. The Labute approximate surface area is 111 Å². The minimum Gasteiger partial charge on any atom is -0.384 e. The van der Waals surface area contributed by atoms with Crippen LogP contribution in [0.25, 0.3) is 0 Å². The van der Waals surface area contributed by atoms with Crippen LogP contribution >= 0.6 is 11.3 Å². The monoisotopic (exact) mass is 282 g/mol. The Kier molecular flexibility index (Phi) is 4.00. The summed E-state index contributed by atoms with van der Waals surface area (Å²) in [5.41, 5.74) is 0.552. The summed E-state index contributed by atoms with van der Waals surface area (Å²) in [5.74, 6) is 0. The van der Waals surface area contributed by atoms with Gasteiger partial charge in [0, 0.05) is 11.4 Å². The lowest BCUT2D eigenvalue weighted by molar-refractivity contribution is 0.598. The number of hydrogen-bond donors (Lipinski definition) is 2. The smallest absolute Gasteiger partial charge is 0.240 e. The maximum atomic E-state index is 11.4. The second-order valence-electron chi connectivity index (χ2n) is 3.80. The number of hydrogen-bond acceptors (Lipinski definition) is 4. The minimum absolute atomic E-state index is 0.135. The fourth-order valence-corrected chi connectivity index (χ4v) is 3.06. The first-order chi connectivity index (χ1) is 8.57. The number of primary sulfonamides is 1. The van der Waals surface area contributed by atoms with Crippen molar-refractivity contribution in [3.63, 3.8) is 0 Å². The van der Waals surface area contributed by atoms with Crippen molar-refractivity contribution in [2.45, 2.75) is 11.3 Å². The van der Waals surface area contributed by atoms with Crippen molar-refractivity contribution in [1.29, 1.82) is 0 Å². The molecule has 18 heavy (non-hydrogen) atoms. The number of nitrogens with two attached hydrogens (primary N) is 1. The lowest BCUT2D eigenvalue weighted by atomic mass is 10.3. The summed E-state index contributed by atoms with van der Waals surface area (Å²) in [6, 6.07) is 10.7. The van der Waals surface area contributed by atoms with E-state index in [1.807, 2.05) is 11.4 Å². The van der Waals surface area contributed by atoms with Crippen molar-refractivity contribution < 1.29 is 8.42 Å². The molecule has 96 valence electrons. The first kappa shape index (κ1) is 13.1. The molecule has 1 aromatic carbocycles. The fraction of sp³-hybridized carbons (Fsp3) is 0.167. The van der Waals surface area contributed by atoms with Crippen molar-refractivity contribution in [3.8, 4) is 0 Å². The van der Waals surface area contributed by atoms with Gasteiger partial charge in [0.1, 0.15) is 4.90 Å². The zero-order chi connectivity index (χ0) is 13.0. The zero-order valence-electron chi connectivity index (χ0n) is 9.67. The molecule has 0 radical (unpaired) electrons. The van der Waals surface area contributed by atoms with Gasteiger partial charge in [0.25, 0.3) is 0 Å². The van der Waals surface area contributed by atoms with Gasteiger partial charge in [0.15, 0.2) is 0 Å². The van der Waals surface area contributed by atoms with Crippen LogP contribution < -0.4 is 10.5 Å². The van der Waals surface area contributed by atoms with Crippen molar-refractivity contribution in [2.75, 3.05) is 11.9 Å². The standard InChI is InChI=1S/C12H14N2O2S2/c13-18(15,16)12-6-2-1-5-11(12)14-8-7-10-4-3-9-17-10/h1-6,9,14H,7-8H2,(H2,13,15,16). The summed E-state index contributed by atoms with van der Waals surface area (Å²) in [6.45, 7) is 0.674. The van der Waals surface area contributed by atoms with E-state index in [4.69, 9.17) is 5.14 Å². The molecule has 6 heteroatoms. The van der Waals surface area contributed by atoms with Crippen LogP contribution in [0.15, 0.2) is 46.7 Å². The van der Waals surface area contributed by atoms with E-state index in [-0.39, 0.29) is 4.90 Å². The Morgan fingerprint density at radius 1 is 1.17 bits per heavy atom. The van der Waals surface area contributed by atoms with Crippen molar-refractivity contribution in [1.82, 2.24) is 0 Å². The number of anilines is 1. The van der Waals surface area contributed by atoms with E-state index in [0.717, 1.165) is 6.42 Å². The SMILES string of the molecule is NS(=O)(=O)c1ccccc1NCCc1cccs1. The molecule has 0 aliphatic carbocycles. The van der Waals surface area contributed by atoms with E-state index in [9.17, 15) is 8.42 Å². The summed E-state index contributed by atoms with van der Waals surface area (Å²) < 4.78 is 22.8. The van der Waals surface area contributed by atoms with E-state index >= 15 is 0 Å². The lowest BCUT2D eigenvalue weighted by Gasteiger charge is -2.09. The van der Waals surface area contributed by atoms with E-state index in [1.54, 1.807) is 29.5 Å². The number of para-hydroxylation sites is 1. The summed E-state index contributed by atoms with van der Waals surface area (Å²) >= 11 is 1.68. The van der Waals surface area contributed by atoms with Crippen LogP contribution in [0.3, 0.4) is 0 Å². The summed E-state index contributed by atoms with van der Waals surface area (Å²) in [5, 5.41) is 10.3. The molecule has 3 N–H and O–H groups in total. The number of thiophene rings is 1. The van der Waals surface area contributed by atoms with Gasteiger partial charge in [-0.3, -0.25) is 0 Å². The lowest BCUT2D eigenvalue weighted by Crippen LogP contribution is -2.15. The highest BCUT2D eigenvalue weighted by Gasteiger charge is 2.12. The zero-order valence-corrected chi connectivity index (χ0v) is 11.3. The predicted molar refractivity (Wildman–Crippen MR) is 74.3 cm³/mol. The molecule has 0 unspecified atom stereocenters. The molecule has 1 heterocycles. The van der Waals surface area contributed by atoms with Crippen molar-refractivity contribution in [2.24, 2.45) is 5.14 Å². The molecule has 2 rings (SSSR count). The molecular weight excluding hydrogens is 268 g/mol. The molecule has 0 amide bonds. The molecule has 1 aromatic heterocycles. The van der Waals surface area contributed by atoms with Crippen molar-refractivity contribution in [3.05, 3.63) is 46.7 Å². The van der Waals surface area contributed by atoms with Gasteiger partial charge in [0.2, 0.25) is 10.0 Å². The number of nitrogens with one attached hydrogen (secondary N) is 1. The van der Waals surface area contributed by atoms with Gasteiger partial charge in [-0.25, -0.2) is 13.6 Å². The molecule has 0 spiro atoms. The van der Waals surface area contributed by atoms with E-state index in [2.05, 4.69) is 11.4 Å². The van der Waals surface area contributed by atoms with Crippen molar-refractivity contribution >= 4 is 27.0 Å². The van der Waals surface area contributed by atoms with Crippen LogP contribution in [0.4, 0.5) is 5.69 Å². The Bertz CT molecular complexity index is 607. The maximum absolute atomic E-state index is 11.4. The highest BCUT2D eigenvalue weighted by atomic mass is 32.2. The summed E-state index contributed by atoms with van der Waals surface area (Å²) in [7, 11) is -3.68. The first-order valence-corrected chi connectivity index (χ1v) is 7.88. The van der Waals surface area contributed by atoms with Gasteiger partial charge in [-0.1, -0.05) is 18.2 Å². The Hall–Kier alpha value is -1.37. The summed E-state index contributed by atoms with van der Waals surface area (Å²) in [6.07, 6.45) is 0.858. The van der Waals surface area contributed by atoms with Crippen LogP contribution in [0.5, 0.6) is 0 Å². The van der Waals surface area contributed by atoms with Crippen LogP contribution in [-0.2, 0) is 16.4 Å².